The van der Waals surface area contributed by atoms with Crippen LogP contribution in [0.15, 0.2) is 30.5 Å². The summed E-state index contributed by atoms with van der Waals surface area (Å²) in [5, 5.41) is 16.4. The first-order valence-corrected chi connectivity index (χ1v) is 6.46. The van der Waals surface area contributed by atoms with Gasteiger partial charge in [-0.3, -0.25) is 0 Å². The summed E-state index contributed by atoms with van der Waals surface area (Å²) in [6, 6.07) is 8.13. The van der Waals surface area contributed by atoms with Gasteiger partial charge in [0.25, 0.3) is 0 Å². The number of benzene rings is 1. The van der Waals surface area contributed by atoms with Gasteiger partial charge in [-0.25, -0.2) is 0 Å². The van der Waals surface area contributed by atoms with Gasteiger partial charge in [0.15, 0.2) is 0 Å². The van der Waals surface area contributed by atoms with Crippen molar-refractivity contribution < 1.29 is 0 Å². The number of hydrogen-bond donors (Lipinski definition) is 2. The maximum atomic E-state index is 4.16. The summed E-state index contributed by atoms with van der Waals surface area (Å²) in [6.45, 7) is 4.42. The van der Waals surface area contributed by atoms with E-state index in [-0.39, 0.29) is 5.54 Å². The maximum absolute atomic E-state index is 4.16. The van der Waals surface area contributed by atoms with Crippen LogP contribution in [0.25, 0.3) is 10.9 Å². The smallest absolute Gasteiger partial charge is 0.0950 e. The minimum Gasteiger partial charge on any atom is -0.378 e. The first-order valence-electron chi connectivity index (χ1n) is 6.46. The van der Waals surface area contributed by atoms with E-state index < -0.39 is 0 Å². The molecule has 1 aliphatic heterocycles. The fourth-order valence-electron chi connectivity index (χ4n) is 2.54. The fourth-order valence-corrected chi connectivity index (χ4v) is 2.54. The molecule has 0 bridgehead atoms. The van der Waals surface area contributed by atoms with E-state index in [0.29, 0.717) is 0 Å². The van der Waals surface area contributed by atoms with Crippen molar-refractivity contribution in [3.8, 4) is 0 Å². The summed E-state index contributed by atoms with van der Waals surface area (Å²) < 4.78 is 0. The Morgan fingerprint density at radius 3 is 2.83 bits per heavy atom. The molecule has 3 rings (SSSR count). The Hall–Kier alpha value is -1.68. The van der Waals surface area contributed by atoms with Gasteiger partial charge in [-0.1, -0.05) is 18.2 Å². The SMILES string of the molecule is CC1(Nc2cnnc3ccccc23)CCNCC1. The predicted molar refractivity (Wildman–Crippen MR) is 73.7 cm³/mol. The minimum atomic E-state index is 0.150. The van der Waals surface area contributed by atoms with Gasteiger partial charge in [-0.15, -0.1) is 0 Å². The monoisotopic (exact) mass is 242 g/mol. The molecule has 0 saturated carbocycles. The molecule has 1 aliphatic rings. The molecule has 2 heterocycles. The quantitative estimate of drug-likeness (QED) is 0.847. The second kappa shape index (κ2) is 4.53. The van der Waals surface area contributed by atoms with Crippen LogP contribution in [0.3, 0.4) is 0 Å². The first kappa shape index (κ1) is 11.4. The topological polar surface area (TPSA) is 49.8 Å². The first-order chi connectivity index (χ1) is 8.77. The van der Waals surface area contributed by atoms with Crippen LogP contribution >= 0.6 is 0 Å². The largest absolute Gasteiger partial charge is 0.378 e. The molecule has 1 aromatic heterocycles. The van der Waals surface area contributed by atoms with Crippen molar-refractivity contribution in [2.45, 2.75) is 25.3 Å². The highest BCUT2D eigenvalue weighted by molar-refractivity contribution is 5.90. The van der Waals surface area contributed by atoms with Gasteiger partial charge < -0.3 is 10.6 Å². The summed E-state index contributed by atoms with van der Waals surface area (Å²) in [5.41, 5.74) is 2.18. The number of hydrogen-bond acceptors (Lipinski definition) is 4. The van der Waals surface area contributed by atoms with Gasteiger partial charge >= 0.3 is 0 Å². The van der Waals surface area contributed by atoms with Crippen molar-refractivity contribution in [1.29, 1.82) is 0 Å². The molecule has 1 saturated heterocycles. The van der Waals surface area contributed by atoms with Crippen LogP contribution in [0.1, 0.15) is 19.8 Å². The Morgan fingerprint density at radius 1 is 1.22 bits per heavy atom. The standard InChI is InChI=1S/C14H18N4/c1-14(6-8-15-9-7-14)17-13-10-16-18-12-5-3-2-4-11(12)13/h2-5,10,15H,6-9H2,1H3,(H,17,18). The number of aromatic nitrogens is 2. The highest BCUT2D eigenvalue weighted by atomic mass is 15.1. The molecule has 1 aromatic carbocycles. The van der Waals surface area contributed by atoms with Gasteiger partial charge in [-0.2, -0.15) is 10.2 Å². The van der Waals surface area contributed by atoms with Crippen molar-refractivity contribution in [3.63, 3.8) is 0 Å². The van der Waals surface area contributed by atoms with Crippen molar-refractivity contribution >= 4 is 16.6 Å². The minimum absolute atomic E-state index is 0.150. The molecule has 0 atom stereocenters. The molecule has 0 radical (unpaired) electrons. The number of anilines is 1. The molecular weight excluding hydrogens is 224 g/mol. The van der Waals surface area contributed by atoms with Crippen LogP contribution < -0.4 is 10.6 Å². The van der Waals surface area contributed by atoms with E-state index in [4.69, 9.17) is 0 Å². The molecule has 2 N–H and O–H groups in total. The molecule has 4 nitrogen and oxygen atoms in total. The van der Waals surface area contributed by atoms with E-state index in [1.165, 1.54) is 0 Å². The molecule has 0 aliphatic carbocycles. The van der Waals surface area contributed by atoms with Gasteiger partial charge in [0, 0.05) is 10.9 Å². The Kier molecular flexibility index (Phi) is 2.88. The molecule has 4 heteroatoms. The zero-order chi connectivity index (χ0) is 12.4. The van der Waals surface area contributed by atoms with Crippen molar-refractivity contribution in [2.24, 2.45) is 0 Å². The lowest BCUT2D eigenvalue weighted by atomic mass is 9.90. The van der Waals surface area contributed by atoms with E-state index in [1.807, 2.05) is 24.4 Å². The average Bonchev–Trinajstić information content (AvgIpc) is 2.40. The second-order valence-electron chi connectivity index (χ2n) is 5.21. The molecular formula is C14H18N4. The van der Waals surface area contributed by atoms with E-state index in [9.17, 15) is 0 Å². The third kappa shape index (κ3) is 2.16. The summed E-state index contributed by atoms with van der Waals surface area (Å²) in [4.78, 5) is 0. The molecule has 2 aromatic rings. The van der Waals surface area contributed by atoms with E-state index in [1.54, 1.807) is 0 Å². The lowest BCUT2D eigenvalue weighted by molar-refractivity contribution is 0.365. The number of piperidine rings is 1. The molecule has 0 amide bonds. The van der Waals surface area contributed by atoms with Gasteiger partial charge in [0.05, 0.1) is 17.4 Å². The normalized spacial score (nSPS) is 18.7. The highest BCUT2D eigenvalue weighted by Crippen LogP contribution is 2.27. The molecule has 1 fully saturated rings. The van der Waals surface area contributed by atoms with Crippen LogP contribution in [0.5, 0.6) is 0 Å². The Bertz CT molecular complexity index is 541. The van der Waals surface area contributed by atoms with Crippen LogP contribution in [0.4, 0.5) is 5.69 Å². The average molecular weight is 242 g/mol. The van der Waals surface area contributed by atoms with Crippen LogP contribution in [-0.2, 0) is 0 Å². The van der Waals surface area contributed by atoms with Crippen LogP contribution in [0.2, 0.25) is 0 Å². The Labute approximate surface area is 107 Å². The third-order valence-electron chi connectivity index (χ3n) is 3.69. The van der Waals surface area contributed by atoms with Gasteiger partial charge in [-0.05, 0) is 38.9 Å². The number of nitrogens with zero attached hydrogens (tertiary/aromatic N) is 2. The molecule has 18 heavy (non-hydrogen) atoms. The number of rotatable bonds is 2. The zero-order valence-corrected chi connectivity index (χ0v) is 10.6. The molecule has 94 valence electrons. The Morgan fingerprint density at radius 2 is 2.00 bits per heavy atom. The number of nitrogens with one attached hydrogen (secondary N) is 2. The van der Waals surface area contributed by atoms with E-state index >= 15 is 0 Å². The highest BCUT2D eigenvalue weighted by Gasteiger charge is 2.26. The summed E-state index contributed by atoms with van der Waals surface area (Å²) in [6.07, 6.45) is 4.09. The summed E-state index contributed by atoms with van der Waals surface area (Å²) >= 11 is 0. The molecule has 0 unspecified atom stereocenters. The van der Waals surface area contributed by atoms with Crippen molar-refractivity contribution in [3.05, 3.63) is 30.5 Å². The predicted octanol–water partition coefficient (Wildman–Crippen LogP) is 2.18. The van der Waals surface area contributed by atoms with Gasteiger partial charge in [0.1, 0.15) is 0 Å². The van der Waals surface area contributed by atoms with Crippen molar-refractivity contribution in [2.75, 3.05) is 18.4 Å². The van der Waals surface area contributed by atoms with Gasteiger partial charge in [0.2, 0.25) is 0 Å². The van der Waals surface area contributed by atoms with E-state index in [0.717, 1.165) is 42.5 Å². The summed E-state index contributed by atoms with van der Waals surface area (Å²) in [5.74, 6) is 0. The fraction of sp³-hybridized carbons (Fsp3) is 0.429. The van der Waals surface area contributed by atoms with Crippen LogP contribution in [-0.4, -0.2) is 28.8 Å². The lowest BCUT2D eigenvalue weighted by Gasteiger charge is -2.36. The van der Waals surface area contributed by atoms with Crippen LogP contribution in [0, 0.1) is 0 Å². The third-order valence-corrected chi connectivity index (χ3v) is 3.69. The maximum Gasteiger partial charge on any atom is 0.0950 e. The van der Waals surface area contributed by atoms with E-state index in [2.05, 4.69) is 33.8 Å². The Balaban J connectivity index is 1.94. The number of fused-ring (bicyclic) bond motifs is 1. The lowest BCUT2D eigenvalue weighted by Crippen LogP contribution is -2.45. The summed E-state index contributed by atoms with van der Waals surface area (Å²) in [7, 11) is 0. The second-order valence-corrected chi connectivity index (χ2v) is 5.21. The zero-order valence-electron chi connectivity index (χ0n) is 10.6. The van der Waals surface area contributed by atoms with Crippen molar-refractivity contribution in [1.82, 2.24) is 15.5 Å². The molecule has 0 spiro atoms.